The van der Waals surface area contributed by atoms with Gasteiger partial charge < -0.3 is 9.32 Å². The lowest BCUT2D eigenvalue weighted by molar-refractivity contribution is -0.118. The highest BCUT2D eigenvalue weighted by Gasteiger charge is 2.47. The molecule has 0 fully saturated rings. The van der Waals surface area contributed by atoms with Gasteiger partial charge in [0.1, 0.15) is 5.54 Å². The summed E-state index contributed by atoms with van der Waals surface area (Å²) in [6, 6.07) is 1.87. The first-order chi connectivity index (χ1) is 9.68. The third-order valence-electron chi connectivity index (χ3n) is 4.11. The van der Waals surface area contributed by atoms with E-state index >= 15 is 0 Å². The van der Waals surface area contributed by atoms with Crippen LogP contribution in [0.1, 0.15) is 38.7 Å². The predicted octanol–water partition coefficient (Wildman–Crippen LogP) is 3.91. The molecule has 0 radical (unpaired) electrons. The molecule has 0 amide bonds. The largest absolute Gasteiger partial charge is 0.472 e. The minimum Gasteiger partial charge on any atom is -0.472 e. The summed E-state index contributed by atoms with van der Waals surface area (Å²) in [6.07, 6.45) is 14.3. The molecule has 2 aliphatic heterocycles. The molecule has 0 saturated carbocycles. The summed E-state index contributed by atoms with van der Waals surface area (Å²) in [5, 5.41) is 0. The number of unbranched alkanes of at least 4 members (excludes halogenated alkanes) is 1. The number of carbonyl (C=O) groups is 1. The van der Waals surface area contributed by atoms with Crippen molar-refractivity contribution in [1.29, 1.82) is 0 Å². The number of Topliss-reactive ketones (excluding diaryl/α,β-unsaturated/α-hetero) is 1. The van der Waals surface area contributed by atoms with Crippen molar-refractivity contribution in [3.63, 3.8) is 0 Å². The van der Waals surface area contributed by atoms with Crippen LogP contribution < -0.4 is 0 Å². The second-order valence-corrected chi connectivity index (χ2v) is 5.48. The fourth-order valence-electron chi connectivity index (χ4n) is 2.97. The molecule has 3 heterocycles. The molecule has 1 unspecified atom stereocenters. The highest BCUT2D eigenvalue weighted by molar-refractivity contribution is 6.28. The van der Waals surface area contributed by atoms with Crippen LogP contribution in [0, 0.1) is 0 Å². The number of ketones is 1. The van der Waals surface area contributed by atoms with Crippen molar-refractivity contribution >= 4 is 11.4 Å². The van der Waals surface area contributed by atoms with Crippen LogP contribution >= 0.6 is 0 Å². The quantitative estimate of drug-likeness (QED) is 0.831. The van der Waals surface area contributed by atoms with E-state index in [-0.39, 0.29) is 5.78 Å². The van der Waals surface area contributed by atoms with Crippen LogP contribution in [0.5, 0.6) is 0 Å². The predicted molar refractivity (Wildman–Crippen MR) is 78.7 cm³/mol. The fraction of sp³-hybridized carbons (Fsp3) is 0.353. The fourth-order valence-corrected chi connectivity index (χ4v) is 2.97. The van der Waals surface area contributed by atoms with E-state index in [0.717, 1.165) is 36.1 Å². The average molecular weight is 269 g/mol. The van der Waals surface area contributed by atoms with Gasteiger partial charge in [0.2, 0.25) is 0 Å². The number of carbonyl (C=O) groups excluding carboxylic acids is 1. The summed E-state index contributed by atoms with van der Waals surface area (Å²) in [7, 11) is 0. The molecule has 0 saturated heterocycles. The van der Waals surface area contributed by atoms with Crippen LogP contribution in [0.25, 0.3) is 5.57 Å². The first-order valence-electron chi connectivity index (χ1n) is 7.14. The molecular weight excluding hydrogens is 250 g/mol. The van der Waals surface area contributed by atoms with Crippen LogP contribution in [0.15, 0.2) is 53.1 Å². The van der Waals surface area contributed by atoms with Crippen LogP contribution in [-0.2, 0) is 4.79 Å². The van der Waals surface area contributed by atoms with Gasteiger partial charge in [-0.05, 0) is 31.9 Å². The van der Waals surface area contributed by atoms with Crippen molar-refractivity contribution in [1.82, 2.24) is 4.90 Å². The molecule has 2 aliphatic rings. The van der Waals surface area contributed by atoms with E-state index in [0.29, 0.717) is 0 Å². The third kappa shape index (κ3) is 1.77. The molecular formula is C17H19NO2. The molecule has 0 bridgehead atoms. The summed E-state index contributed by atoms with van der Waals surface area (Å²) in [6.45, 7) is 4.15. The first kappa shape index (κ1) is 13.0. The van der Waals surface area contributed by atoms with E-state index in [4.69, 9.17) is 4.42 Å². The second kappa shape index (κ2) is 4.82. The summed E-state index contributed by atoms with van der Waals surface area (Å²) in [5.74, 6) is 0.158. The Balaban J connectivity index is 2.11. The van der Waals surface area contributed by atoms with Gasteiger partial charge in [0.25, 0.3) is 0 Å². The van der Waals surface area contributed by atoms with Crippen molar-refractivity contribution in [2.24, 2.45) is 0 Å². The summed E-state index contributed by atoms with van der Waals surface area (Å²) >= 11 is 0. The minimum absolute atomic E-state index is 0.158. The van der Waals surface area contributed by atoms with Crippen LogP contribution in [0.2, 0.25) is 0 Å². The number of hydrogen-bond donors (Lipinski definition) is 0. The number of furan rings is 1. The van der Waals surface area contributed by atoms with Gasteiger partial charge in [-0.2, -0.15) is 0 Å². The third-order valence-corrected chi connectivity index (χ3v) is 4.11. The van der Waals surface area contributed by atoms with Crippen molar-refractivity contribution in [2.75, 3.05) is 0 Å². The topological polar surface area (TPSA) is 33.5 Å². The summed E-state index contributed by atoms with van der Waals surface area (Å²) in [5.41, 5.74) is 2.23. The Hall–Kier alpha value is -2.03. The summed E-state index contributed by atoms with van der Waals surface area (Å²) < 4.78 is 5.17. The number of fused-ring (bicyclic) bond motifs is 1. The van der Waals surface area contributed by atoms with Gasteiger partial charge in [-0.25, -0.2) is 0 Å². The van der Waals surface area contributed by atoms with Crippen molar-refractivity contribution < 1.29 is 9.21 Å². The van der Waals surface area contributed by atoms with Gasteiger partial charge in [0.05, 0.1) is 18.1 Å². The molecule has 20 heavy (non-hydrogen) atoms. The zero-order chi connectivity index (χ0) is 14.2. The van der Waals surface area contributed by atoms with E-state index < -0.39 is 5.54 Å². The minimum atomic E-state index is -0.579. The van der Waals surface area contributed by atoms with Crippen LogP contribution in [0.4, 0.5) is 0 Å². The Bertz CT molecular complexity index is 607. The highest BCUT2D eigenvalue weighted by Crippen LogP contribution is 2.43. The number of nitrogens with zero attached hydrogens (tertiary/aromatic N) is 1. The van der Waals surface area contributed by atoms with Gasteiger partial charge in [0.15, 0.2) is 5.78 Å². The number of rotatable bonds is 4. The van der Waals surface area contributed by atoms with Gasteiger partial charge >= 0.3 is 0 Å². The smallest absolute Gasteiger partial charge is 0.194 e. The van der Waals surface area contributed by atoms with E-state index in [1.54, 1.807) is 12.5 Å². The molecule has 3 heteroatoms. The van der Waals surface area contributed by atoms with Crippen molar-refractivity contribution in [3.05, 3.63) is 54.3 Å². The first-order valence-corrected chi connectivity index (χ1v) is 7.14. The average Bonchev–Trinajstić information content (AvgIpc) is 3.03. The molecule has 1 aromatic heterocycles. The van der Waals surface area contributed by atoms with Crippen molar-refractivity contribution in [2.45, 2.75) is 38.6 Å². The van der Waals surface area contributed by atoms with Gasteiger partial charge in [-0.1, -0.05) is 25.5 Å². The lowest BCUT2D eigenvalue weighted by Crippen LogP contribution is -2.43. The molecule has 1 atom stereocenters. The lowest BCUT2D eigenvalue weighted by atomic mass is 9.90. The van der Waals surface area contributed by atoms with E-state index in [1.807, 2.05) is 37.4 Å². The molecule has 0 N–H and O–H groups in total. The molecule has 104 valence electrons. The Morgan fingerprint density at radius 2 is 2.20 bits per heavy atom. The number of allylic oxidation sites excluding steroid dienone is 3. The Morgan fingerprint density at radius 3 is 2.90 bits per heavy atom. The standard InChI is InChI=1S/C17H19NO2/c1-3-4-7-14-15(13-8-11-20-12-13)16(19)17(2)9-5-6-10-18(14)17/h5-6,8-12H,3-4,7H2,1-2H3. The Labute approximate surface area is 119 Å². The highest BCUT2D eigenvalue weighted by atomic mass is 16.3. The Morgan fingerprint density at radius 1 is 1.35 bits per heavy atom. The number of hydrogen-bond acceptors (Lipinski definition) is 3. The molecule has 1 aromatic rings. The SMILES string of the molecule is CCCCC1=C(c2ccoc2)C(=O)C2(C)C=CC=CN12. The normalized spacial score (nSPS) is 24.7. The van der Waals surface area contributed by atoms with E-state index in [2.05, 4.69) is 11.8 Å². The van der Waals surface area contributed by atoms with Gasteiger partial charge in [-0.3, -0.25) is 4.79 Å². The molecule has 0 aromatic carbocycles. The van der Waals surface area contributed by atoms with Crippen LogP contribution in [-0.4, -0.2) is 16.2 Å². The van der Waals surface area contributed by atoms with Crippen LogP contribution in [0.3, 0.4) is 0 Å². The van der Waals surface area contributed by atoms with Gasteiger partial charge in [0, 0.05) is 17.5 Å². The monoisotopic (exact) mass is 269 g/mol. The molecule has 0 spiro atoms. The maximum Gasteiger partial charge on any atom is 0.194 e. The zero-order valence-corrected chi connectivity index (χ0v) is 11.9. The maximum absolute atomic E-state index is 12.9. The van der Waals surface area contributed by atoms with E-state index in [1.165, 1.54) is 0 Å². The van der Waals surface area contributed by atoms with Crippen molar-refractivity contribution in [3.8, 4) is 0 Å². The molecule has 3 nitrogen and oxygen atoms in total. The zero-order valence-electron chi connectivity index (χ0n) is 11.9. The van der Waals surface area contributed by atoms with E-state index in [9.17, 15) is 4.79 Å². The maximum atomic E-state index is 12.9. The Kier molecular flexibility index (Phi) is 3.13. The van der Waals surface area contributed by atoms with Gasteiger partial charge in [-0.15, -0.1) is 0 Å². The second-order valence-electron chi connectivity index (χ2n) is 5.48. The molecule has 3 rings (SSSR count). The lowest BCUT2D eigenvalue weighted by Gasteiger charge is -2.34. The summed E-state index contributed by atoms with van der Waals surface area (Å²) in [4.78, 5) is 15.0. The molecule has 0 aliphatic carbocycles.